The number of carboxylic acids is 1. The molecule has 5 aromatic rings. The van der Waals surface area contributed by atoms with E-state index in [-0.39, 0.29) is 5.56 Å². The molecule has 3 heteroatoms. The molecular weight excluding hydrogens is 499 g/mol. The van der Waals surface area contributed by atoms with Crippen LogP contribution >= 0.6 is 0 Å². The third-order valence-electron chi connectivity index (χ3n) is 5.20. The summed E-state index contributed by atoms with van der Waals surface area (Å²) in [4.78, 5) is 10.7. The van der Waals surface area contributed by atoms with E-state index in [1.165, 1.54) is 10.7 Å². The number of benzene rings is 5. The van der Waals surface area contributed by atoms with Crippen molar-refractivity contribution in [2.75, 3.05) is 0 Å². The zero-order valence-corrected chi connectivity index (χ0v) is 20.4. The van der Waals surface area contributed by atoms with E-state index in [1.807, 2.05) is 24.3 Å². The summed E-state index contributed by atoms with van der Waals surface area (Å²) in [7, 11) is 0. The Balaban J connectivity index is 0.000000165. The Labute approximate surface area is 195 Å². The molecule has 0 N–H and O–H groups in total. The molecule has 5 rings (SSSR count). The molecule has 0 aliphatic carbocycles. The van der Waals surface area contributed by atoms with Gasteiger partial charge in [0.05, 0.1) is 5.97 Å². The van der Waals surface area contributed by atoms with Crippen molar-refractivity contribution in [3.63, 3.8) is 0 Å². The fraction of sp³-hybridized carbons (Fsp3) is 0. The van der Waals surface area contributed by atoms with Crippen LogP contribution in [0.25, 0.3) is 10.8 Å². The minimum atomic E-state index is -1.98. The molecule has 0 radical (unpaired) electrons. The van der Waals surface area contributed by atoms with Gasteiger partial charge in [0.2, 0.25) is 0 Å². The van der Waals surface area contributed by atoms with Crippen LogP contribution in [-0.4, -0.2) is 25.7 Å². The summed E-state index contributed by atoms with van der Waals surface area (Å²) in [5, 5.41) is 12.4. The summed E-state index contributed by atoms with van der Waals surface area (Å²) in [5.74, 6) is -1.13. The van der Waals surface area contributed by atoms with E-state index in [0.717, 1.165) is 10.8 Å². The van der Waals surface area contributed by atoms with Crippen molar-refractivity contribution in [2.24, 2.45) is 0 Å². The van der Waals surface area contributed by atoms with Crippen molar-refractivity contribution in [3.8, 4) is 0 Å². The molecule has 154 valence electrons. The van der Waals surface area contributed by atoms with Crippen molar-refractivity contribution >= 4 is 47.2 Å². The number of hydrogen-bond acceptors (Lipinski definition) is 2. The van der Waals surface area contributed by atoms with Gasteiger partial charge in [-0.05, 0) is 10.8 Å². The van der Waals surface area contributed by atoms with Crippen LogP contribution in [0.2, 0.25) is 0 Å². The first-order valence-corrected chi connectivity index (χ1v) is 14.7. The molecule has 5 aromatic carbocycles. The number of fused-ring (bicyclic) bond motifs is 1. The van der Waals surface area contributed by atoms with Crippen molar-refractivity contribution in [1.82, 2.24) is 0 Å². The van der Waals surface area contributed by atoms with Crippen molar-refractivity contribution in [3.05, 3.63) is 139 Å². The number of rotatable bonds is 4. The summed E-state index contributed by atoms with van der Waals surface area (Å²) in [6, 6.07) is 45.4. The van der Waals surface area contributed by atoms with Gasteiger partial charge in [-0.3, -0.25) is 0 Å². The maximum absolute atomic E-state index is 10.7. The third kappa shape index (κ3) is 5.27. The minimum absolute atomic E-state index is 0.248. The molecule has 0 saturated carbocycles. The summed E-state index contributed by atoms with van der Waals surface area (Å²) >= 11 is -1.98. The molecule has 0 fully saturated rings. The summed E-state index contributed by atoms with van der Waals surface area (Å²) in [6.07, 6.45) is 0. The maximum atomic E-state index is 10.7. The van der Waals surface area contributed by atoms with E-state index in [1.54, 1.807) is 18.2 Å². The Morgan fingerprint density at radius 3 is 1.38 bits per heavy atom. The molecule has 0 aliphatic rings. The second-order valence-electron chi connectivity index (χ2n) is 7.29. The Morgan fingerprint density at radius 2 is 0.906 bits per heavy atom. The third-order valence-corrected chi connectivity index (χ3v) is 13.0. The van der Waals surface area contributed by atoms with Gasteiger partial charge in [-0.15, -0.1) is 0 Å². The summed E-state index contributed by atoms with van der Waals surface area (Å²) in [5.41, 5.74) is 0.248. The second kappa shape index (κ2) is 10.8. The molecule has 2 nitrogen and oxygen atoms in total. The number of carbonyl (C=O) groups is 1. The molecule has 0 aliphatic heterocycles. The van der Waals surface area contributed by atoms with Crippen LogP contribution in [0.5, 0.6) is 0 Å². The molecule has 0 bridgehead atoms. The van der Waals surface area contributed by atoms with Crippen LogP contribution in [0.15, 0.2) is 133 Å². The molecule has 0 unspecified atom stereocenters. The van der Waals surface area contributed by atoms with E-state index in [4.69, 9.17) is 0 Å². The van der Waals surface area contributed by atoms with Gasteiger partial charge >= 0.3 is 121 Å². The van der Waals surface area contributed by atoms with E-state index < -0.39 is 25.7 Å². The average molecular weight is 521 g/mol. The Bertz CT molecular complexity index is 1190. The first-order chi connectivity index (χ1) is 15.7. The van der Waals surface area contributed by atoms with Crippen molar-refractivity contribution in [2.45, 2.75) is 0 Å². The number of carbonyl (C=O) groups excluding carboxylic acids is 1. The van der Waals surface area contributed by atoms with Crippen LogP contribution in [0.3, 0.4) is 0 Å². The van der Waals surface area contributed by atoms with E-state index in [0.29, 0.717) is 0 Å². The van der Waals surface area contributed by atoms with Crippen LogP contribution < -0.4 is 15.8 Å². The van der Waals surface area contributed by atoms with E-state index >= 15 is 0 Å². The van der Waals surface area contributed by atoms with Crippen LogP contribution in [-0.2, 0) is 0 Å². The average Bonchev–Trinajstić information content (AvgIpc) is 2.86. The van der Waals surface area contributed by atoms with Gasteiger partial charge in [0.25, 0.3) is 0 Å². The quantitative estimate of drug-likeness (QED) is 0.341. The number of carboxylic acid groups (broad SMARTS) is 1. The number of hydrogen-bond donors (Lipinski definition) is 0. The molecule has 0 aromatic heterocycles. The van der Waals surface area contributed by atoms with Gasteiger partial charge in [-0.25, -0.2) is 0 Å². The van der Waals surface area contributed by atoms with Crippen molar-refractivity contribution < 1.29 is 9.90 Å². The zero-order valence-electron chi connectivity index (χ0n) is 17.5. The van der Waals surface area contributed by atoms with E-state index in [2.05, 4.69) is 91.0 Å². The Hall–Kier alpha value is -3.37. The number of aromatic carboxylic acids is 1. The Morgan fingerprint density at radius 1 is 0.500 bits per heavy atom. The SMILES string of the molecule is O=C([O-])c1cccc2ccccc12.c1cc[c]([Sn+]([c]2ccccc2)[c]2ccccc2)cc1. The normalized spacial score (nSPS) is 10.1. The van der Waals surface area contributed by atoms with Gasteiger partial charge in [0, 0.05) is 5.56 Å². The van der Waals surface area contributed by atoms with Crippen molar-refractivity contribution in [1.29, 1.82) is 0 Å². The first kappa shape index (κ1) is 21.8. The van der Waals surface area contributed by atoms with Gasteiger partial charge in [0.15, 0.2) is 0 Å². The van der Waals surface area contributed by atoms with Gasteiger partial charge in [-0.1, -0.05) is 42.5 Å². The van der Waals surface area contributed by atoms with Gasteiger partial charge in [0.1, 0.15) is 0 Å². The second-order valence-corrected chi connectivity index (χ2v) is 14.4. The fourth-order valence-corrected chi connectivity index (χ4v) is 11.1. The standard InChI is InChI=1S/C11H8O2.3C6H5.Sn/c12-11(13)10-7-3-5-8-4-1-2-6-9(8)10;3*1-2-4-6-5-3-1;/h1-7H,(H,12,13);3*1-5H;/q;;;;+1/p-1. The molecule has 0 saturated heterocycles. The molecule has 0 amide bonds. The van der Waals surface area contributed by atoms with Crippen LogP contribution in [0, 0.1) is 0 Å². The van der Waals surface area contributed by atoms with Gasteiger partial charge in [-0.2, -0.15) is 0 Å². The molecule has 32 heavy (non-hydrogen) atoms. The fourth-order valence-electron chi connectivity index (χ4n) is 3.72. The van der Waals surface area contributed by atoms with E-state index in [9.17, 15) is 9.90 Å². The monoisotopic (exact) mass is 522 g/mol. The predicted octanol–water partition coefficient (Wildman–Crippen LogP) is 3.41. The zero-order chi connectivity index (χ0) is 22.2. The molecule has 0 atom stereocenters. The predicted molar refractivity (Wildman–Crippen MR) is 132 cm³/mol. The molecule has 0 heterocycles. The molecular formula is C29H22O2Sn. The topological polar surface area (TPSA) is 40.1 Å². The van der Waals surface area contributed by atoms with Crippen LogP contribution in [0.1, 0.15) is 10.4 Å². The van der Waals surface area contributed by atoms with Crippen LogP contribution in [0.4, 0.5) is 0 Å². The summed E-state index contributed by atoms with van der Waals surface area (Å²) in [6.45, 7) is 0. The Kier molecular flexibility index (Phi) is 7.36. The summed E-state index contributed by atoms with van der Waals surface area (Å²) < 4.78 is 4.59. The molecule has 0 spiro atoms. The first-order valence-electron chi connectivity index (χ1n) is 10.5. The van der Waals surface area contributed by atoms with Gasteiger partial charge < -0.3 is 9.90 Å².